The van der Waals surface area contributed by atoms with Gasteiger partial charge in [-0.2, -0.15) is 0 Å². The predicted octanol–water partition coefficient (Wildman–Crippen LogP) is 3.32. The molecule has 0 spiro atoms. The molecular formula is C15H23NO. The molecule has 1 fully saturated rings. The van der Waals surface area contributed by atoms with Gasteiger partial charge in [0.15, 0.2) is 0 Å². The van der Waals surface area contributed by atoms with Gasteiger partial charge >= 0.3 is 0 Å². The summed E-state index contributed by atoms with van der Waals surface area (Å²) in [6.45, 7) is 2.35. The number of hydrogen-bond donors (Lipinski definition) is 1. The lowest BCUT2D eigenvalue weighted by Gasteiger charge is -2.43. The van der Waals surface area contributed by atoms with E-state index < -0.39 is 0 Å². The van der Waals surface area contributed by atoms with Crippen molar-refractivity contribution in [2.75, 3.05) is 14.2 Å². The second-order valence-corrected chi connectivity index (χ2v) is 5.07. The number of nitrogens with one attached hydrogen (secondary N) is 1. The Labute approximate surface area is 104 Å². The lowest BCUT2D eigenvalue weighted by atomic mass is 9.69. The normalized spacial score (nSPS) is 29.0. The van der Waals surface area contributed by atoms with Crippen LogP contribution in [0.5, 0.6) is 5.75 Å². The molecule has 0 saturated heterocycles. The number of methoxy groups -OCH3 is 1. The van der Waals surface area contributed by atoms with Gasteiger partial charge in [-0.05, 0) is 31.9 Å². The molecule has 94 valence electrons. The molecule has 0 amide bonds. The van der Waals surface area contributed by atoms with Crippen LogP contribution in [0.25, 0.3) is 0 Å². The molecule has 0 heterocycles. The highest BCUT2D eigenvalue weighted by molar-refractivity contribution is 5.40. The van der Waals surface area contributed by atoms with E-state index in [1.807, 2.05) is 6.07 Å². The summed E-state index contributed by atoms with van der Waals surface area (Å²) < 4.78 is 5.53. The molecule has 1 aromatic rings. The Balaban J connectivity index is 2.46. The van der Waals surface area contributed by atoms with Crippen molar-refractivity contribution in [2.24, 2.45) is 5.92 Å². The first-order valence-corrected chi connectivity index (χ1v) is 6.57. The molecule has 0 aromatic heterocycles. The molecule has 0 radical (unpaired) electrons. The molecular weight excluding hydrogens is 210 g/mol. The third-order valence-corrected chi connectivity index (χ3v) is 4.33. The molecule has 1 saturated carbocycles. The minimum atomic E-state index is 0.0881. The maximum Gasteiger partial charge on any atom is 0.123 e. The predicted molar refractivity (Wildman–Crippen MR) is 71.4 cm³/mol. The molecule has 1 aliphatic carbocycles. The van der Waals surface area contributed by atoms with Crippen LogP contribution in [-0.4, -0.2) is 14.2 Å². The maximum absolute atomic E-state index is 5.53. The smallest absolute Gasteiger partial charge is 0.123 e. The van der Waals surface area contributed by atoms with Gasteiger partial charge in [0.05, 0.1) is 7.11 Å². The summed E-state index contributed by atoms with van der Waals surface area (Å²) >= 11 is 0. The SMILES string of the molecule is CN[C@]1(c2ccccc2OC)CCCCC1C. The van der Waals surface area contributed by atoms with Crippen molar-refractivity contribution in [3.63, 3.8) is 0 Å². The Hall–Kier alpha value is -1.02. The van der Waals surface area contributed by atoms with Gasteiger partial charge < -0.3 is 10.1 Å². The highest BCUT2D eigenvalue weighted by atomic mass is 16.5. The van der Waals surface area contributed by atoms with Crippen LogP contribution >= 0.6 is 0 Å². The first kappa shape index (κ1) is 12.4. The summed E-state index contributed by atoms with van der Waals surface area (Å²) in [5.74, 6) is 1.66. The highest BCUT2D eigenvalue weighted by Crippen LogP contribution is 2.44. The molecule has 0 bridgehead atoms. The zero-order valence-electron chi connectivity index (χ0n) is 11.1. The van der Waals surface area contributed by atoms with Crippen LogP contribution in [0.4, 0.5) is 0 Å². The van der Waals surface area contributed by atoms with E-state index in [4.69, 9.17) is 4.74 Å². The number of ether oxygens (including phenoxy) is 1. The van der Waals surface area contributed by atoms with E-state index in [1.165, 1.54) is 31.2 Å². The van der Waals surface area contributed by atoms with E-state index in [9.17, 15) is 0 Å². The second-order valence-electron chi connectivity index (χ2n) is 5.07. The summed E-state index contributed by atoms with van der Waals surface area (Å²) in [6.07, 6.45) is 5.13. The van der Waals surface area contributed by atoms with Crippen LogP contribution in [0, 0.1) is 5.92 Å². The molecule has 0 aliphatic heterocycles. The van der Waals surface area contributed by atoms with E-state index in [-0.39, 0.29) is 5.54 Å². The quantitative estimate of drug-likeness (QED) is 0.864. The number of benzene rings is 1. The monoisotopic (exact) mass is 233 g/mol. The van der Waals surface area contributed by atoms with Crippen LogP contribution in [0.2, 0.25) is 0 Å². The molecule has 2 rings (SSSR count). The van der Waals surface area contributed by atoms with Crippen LogP contribution < -0.4 is 10.1 Å². The Bertz CT molecular complexity index is 377. The van der Waals surface area contributed by atoms with Crippen molar-refractivity contribution in [1.29, 1.82) is 0 Å². The lowest BCUT2D eigenvalue weighted by molar-refractivity contribution is 0.161. The number of para-hydroxylation sites is 1. The van der Waals surface area contributed by atoms with Crippen molar-refractivity contribution in [2.45, 2.75) is 38.1 Å². The van der Waals surface area contributed by atoms with Crippen LogP contribution in [-0.2, 0) is 5.54 Å². The Kier molecular flexibility index (Phi) is 3.72. The van der Waals surface area contributed by atoms with E-state index in [0.717, 1.165) is 5.75 Å². The number of hydrogen-bond acceptors (Lipinski definition) is 2. The van der Waals surface area contributed by atoms with Crippen molar-refractivity contribution >= 4 is 0 Å². The van der Waals surface area contributed by atoms with Gasteiger partial charge in [0, 0.05) is 11.1 Å². The Morgan fingerprint density at radius 2 is 2.06 bits per heavy atom. The molecule has 1 N–H and O–H groups in total. The minimum absolute atomic E-state index is 0.0881. The summed E-state index contributed by atoms with van der Waals surface area (Å²) in [7, 11) is 3.84. The van der Waals surface area contributed by atoms with Crippen molar-refractivity contribution in [3.05, 3.63) is 29.8 Å². The van der Waals surface area contributed by atoms with E-state index in [2.05, 4.69) is 37.5 Å². The largest absolute Gasteiger partial charge is 0.496 e. The van der Waals surface area contributed by atoms with E-state index in [1.54, 1.807) is 7.11 Å². The van der Waals surface area contributed by atoms with Crippen molar-refractivity contribution < 1.29 is 4.74 Å². The van der Waals surface area contributed by atoms with Gasteiger partial charge in [0.2, 0.25) is 0 Å². The Morgan fingerprint density at radius 3 is 2.71 bits per heavy atom. The average Bonchev–Trinajstić information content (AvgIpc) is 2.40. The fraction of sp³-hybridized carbons (Fsp3) is 0.600. The van der Waals surface area contributed by atoms with Gasteiger partial charge in [-0.15, -0.1) is 0 Å². The maximum atomic E-state index is 5.53. The summed E-state index contributed by atoms with van der Waals surface area (Å²) in [4.78, 5) is 0. The van der Waals surface area contributed by atoms with Crippen LogP contribution in [0.3, 0.4) is 0 Å². The van der Waals surface area contributed by atoms with Gasteiger partial charge in [0.1, 0.15) is 5.75 Å². The van der Waals surface area contributed by atoms with Gasteiger partial charge in [-0.1, -0.05) is 38.0 Å². The third-order valence-electron chi connectivity index (χ3n) is 4.33. The van der Waals surface area contributed by atoms with Crippen molar-refractivity contribution in [3.8, 4) is 5.75 Å². The zero-order chi connectivity index (χ0) is 12.3. The molecule has 17 heavy (non-hydrogen) atoms. The topological polar surface area (TPSA) is 21.3 Å². The first-order valence-electron chi connectivity index (χ1n) is 6.57. The average molecular weight is 233 g/mol. The third kappa shape index (κ3) is 2.06. The fourth-order valence-corrected chi connectivity index (χ4v) is 3.27. The fourth-order valence-electron chi connectivity index (χ4n) is 3.27. The van der Waals surface area contributed by atoms with Gasteiger partial charge in [-0.25, -0.2) is 0 Å². The second kappa shape index (κ2) is 5.09. The first-order chi connectivity index (χ1) is 8.24. The number of rotatable bonds is 3. The molecule has 1 aliphatic rings. The summed E-state index contributed by atoms with van der Waals surface area (Å²) in [5.41, 5.74) is 1.41. The van der Waals surface area contributed by atoms with Crippen molar-refractivity contribution in [1.82, 2.24) is 5.32 Å². The lowest BCUT2D eigenvalue weighted by Crippen LogP contribution is -2.47. The summed E-state index contributed by atoms with van der Waals surface area (Å²) in [5, 5.41) is 3.58. The Morgan fingerprint density at radius 1 is 1.29 bits per heavy atom. The van der Waals surface area contributed by atoms with Gasteiger partial charge in [-0.3, -0.25) is 0 Å². The molecule has 2 nitrogen and oxygen atoms in total. The molecule has 1 aromatic carbocycles. The van der Waals surface area contributed by atoms with Crippen LogP contribution in [0.1, 0.15) is 38.2 Å². The standard InChI is InChI=1S/C15H23NO/c1-12-8-6-7-11-15(12,16-2)13-9-4-5-10-14(13)17-3/h4-5,9-10,12,16H,6-8,11H2,1-3H3/t12?,15-/m1/s1. The zero-order valence-corrected chi connectivity index (χ0v) is 11.1. The highest BCUT2D eigenvalue weighted by Gasteiger charge is 2.39. The molecule has 2 atom stereocenters. The summed E-state index contributed by atoms with van der Waals surface area (Å²) in [6, 6.07) is 8.42. The van der Waals surface area contributed by atoms with Crippen LogP contribution in [0.15, 0.2) is 24.3 Å². The van der Waals surface area contributed by atoms with Gasteiger partial charge in [0.25, 0.3) is 0 Å². The van der Waals surface area contributed by atoms with E-state index in [0.29, 0.717) is 5.92 Å². The molecule has 1 unspecified atom stereocenters. The van der Waals surface area contributed by atoms with E-state index >= 15 is 0 Å². The molecule has 2 heteroatoms. The minimum Gasteiger partial charge on any atom is -0.496 e.